The van der Waals surface area contributed by atoms with Gasteiger partial charge >= 0.3 is 0 Å². The molecule has 1 saturated heterocycles. The number of carbonyl (C=O) groups is 2. The summed E-state index contributed by atoms with van der Waals surface area (Å²) in [6.07, 6.45) is 1.44. The minimum atomic E-state index is -3.70. The van der Waals surface area contributed by atoms with Crippen LogP contribution in [0.2, 0.25) is 5.02 Å². The fourth-order valence-electron chi connectivity index (χ4n) is 4.77. The van der Waals surface area contributed by atoms with Crippen molar-refractivity contribution in [2.75, 3.05) is 30.4 Å². The third kappa shape index (κ3) is 4.64. The van der Waals surface area contributed by atoms with Crippen molar-refractivity contribution >= 4 is 44.8 Å². The first-order chi connectivity index (χ1) is 16.1. The first-order valence-electron chi connectivity index (χ1n) is 11.2. The summed E-state index contributed by atoms with van der Waals surface area (Å²) in [4.78, 5) is 26.7. The van der Waals surface area contributed by atoms with Crippen molar-refractivity contribution in [1.29, 1.82) is 0 Å². The van der Waals surface area contributed by atoms with E-state index >= 15 is 0 Å². The molecule has 0 spiro atoms. The monoisotopic (exact) mass is 505 g/mol. The number of halogens is 1. The van der Waals surface area contributed by atoms with Crippen molar-refractivity contribution in [2.24, 2.45) is 5.92 Å². The van der Waals surface area contributed by atoms with E-state index in [9.17, 15) is 18.0 Å². The molecule has 2 aliphatic heterocycles. The number of anilines is 2. The van der Waals surface area contributed by atoms with Gasteiger partial charge < -0.3 is 15.0 Å². The fourth-order valence-corrected chi connectivity index (χ4v) is 6.46. The summed E-state index contributed by atoms with van der Waals surface area (Å²) in [6.45, 7) is 3.96. The molecular formula is C24H28ClN3O5S. The lowest BCUT2D eigenvalue weighted by molar-refractivity contribution is -0.121. The van der Waals surface area contributed by atoms with E-state index in [1.165, 1.54) is 18.3 Å². The Balaban J connectivity index is 1.43. The normalized spacial score (nSPS) is 19.1. The lowest BCUT2D eigenvalue weighted by Crippen LogP contribution is -2.41. The highest BCUT2D eigenvalue weighted by Gasteiger charge is 2.34. The molecule has 0 aromatic heterocycles. The van der Waals surface area contributed by atoms with Crippen LogP contribution >= 0.6 is 11.6 Å². The number of piperidine rings is 1. The Bertz CT molecular complexity index is 1230. The van der Waals surface area contributed by atoms with E-state index < -0.39 is 10.0 Å². The Hall–Kier alpha value is -2.62. The van der Waals surface area contributed by atoms with Crippen LogP contribution in [0.1, 0.15) is 32.3 Å². The largest absolute Gasteiger partial charge is 0.495 e. The maximum atomic E-state index is 13.3. The molecule has 1 atom stereocenters. The molecule has 0 unspecified atom stereocenters. The SMILES string of the molecule is COc1ccc(Cl)cc1NC(=O)C1CCN(S(=O)(=O)c2ccc3c(c2)C[C@@H](C)N3C(C)=O)CC1. The van der Waals surface area contributed by atoms with E-state index in [0.29, 0.717) is 35.7 Å². The highest BCUT2D eigenvalue weighted by Crippen LogP contribution is 2.35. The molecule has 0 bridgehead atoms. The highest BCUT2D eigenvalue weighted by molar-refractivity contribution is 7.89. The van der Waals surface area contributed by atoms with Crippen molar-refractivity contribution in [1.82, 2.24) is 4.31 Å². The minimum Gasteiger partial charge on any atom is -0.495 e. The third-order valence-electron chi connectivity index (χ3n) is 6.49. The minimum absolute atomic E-state index is 0.00201. The van der Waals surface area contributed by atoms with Gasteiger partial charge in [-0.3, -0.25) is 9.59 Å². The molecule has 0 saturated carbocycles. The predicted octanol–water partition coefficient (Wildman–Crippen LogP) is 3.69. The summed E-state index contributed by atoms with van der Waals surface area (Å²) in [7, 11) is -2.19. The number of fused-ring (bicyclic) bond motifs is 1. The predicted molar refractivity (Wildman–Crippen MR) is 131 cm³/mol. The average Bonchev–Trinajstić information content (AvgIpc) is 3.14. The van der Waals surface area contributed by atoms with E-state index in [4.69, 9.17) is 16.3 Å². The van der Waals surface area contributed by atoms with Gasteiger partial charge in [0.1, 0.15) is 5.75 Å². The van der Waals surface area contributed by atoms with Gasteiger partial charge in [-0.05, 0) is 68.1 Å². The number of ether oxygens (including phenoxy) is 1. The van der Waals surface area contributed by atoms with Crippen LogP contribution in [0.25, 0.3) is 0 Å². The van der Waals surface area contributed by atoms with Crippen LogP contribution in [-0.2, 0) is 26.0 Å². The maximum absolute atomic E-state index is 13.3. The number of methoxy groups -OCH3 is 1. The van der Waals surface area contributed by atoms with Crippen LogP contribution in [0.15, 0.2) is 41.3 Å². The van der Waals surface area contributed by atoms with Crippen molar-refractivity contribution in [3.05, 3.63) is 47.0 Å². The van der Waals surface area contributed by atoms with E-state index in [2.05, 4.69) is 5.32 Å². The van der Waals surface area contributed by atoms with Crippen molar-refractivity contribution in [3.8, 4) is 5.75 Å². The zero-order chi connectivity index (χ0) is 24.6. The second-order valence-corrected chi connectivity index (χ2v) is 11.1. The van der Waals surface area contributed by atoms with Crippen molar-refractivity contribution < 1.29 is 22.7 Å². The number of hydrogen-bond acceptors (Lipinski definition) is 5. The Kier molecular flexibility index (Phi) is 6.89. The molecule has 1 fully saturated rings. The van der Waals surface area contributed by atoms with Crippen molar-refractivity contribution in [2.45, 2.75) is 44.0 Å². The molecule has 1 N–H and O–H groups in total. The van der Waals surface area contributed by atoms with Gasteiger partial charge in [-0.15, -0.1) is 0 Å². The molecule has 2 aromatic carbocycles. The fraction of sp³-hybridized carbons (Fsp3) is 0.417. The van der Waals surface area contributed by atoms with Gasteiger partial charge in [0.15, 0.2) is 0 Å². The van der Waals surface area contributed by atoms with Crippen molar-refractivity contribution in [3.63, 3.8) is 0 Å². The van der Waals surface area contributed by atoms with E-state index in [1.807, 2.05) is 6.92 Å². The molecular weight excluding hydrogens is 478 g/mol. The van der Waals surface area contributed by atoms with Gasteiger partial charge in [0.25, 0.3) is 0 Å². The van der Waals surface area contributed by atoms with Crippen LogP contribution in [0.4, 0.5) is 11.4 Å². The summed E-state index contributed by atoms with van der Waals surface area (Å²) in [5.74, 6) is -0.0572. The number of carbonyl (C=O) groups excluding carboxylic acids is 2. The number of nitrogens with zero attached hydrogens (tertiary/aromatic N) is 2. The number of hydrogen-bond donors (Lipinski definition) is 1. The van der Waals surface area contributed by atoms with Crippen LogP contribution in [-0.4, -0.2) is 50.8 Å². The van der Waals surface area contributed by atoms with Gasteiger partial charge in [0.2, 0.25) is 21.8 Å². The topological polar surface area (TPSA) is 96.0 Å². The molecule has 8 nitrogen and oxygen atoms in total. The second kappa shape index (κ2) is 9.56. The Morgan fingerprint density at radius 2 is 1.82 bits per heavy atom. The van der Waals surface area contributed by atoms with Gasteiger partial charge in [0, 0.05) is 42.7 Å². The molecule has 182 valence electrons. The molecule has 2 aliphatic rings. The first kappa shape index (κ1) is 24.5. The lowest BCUT2D eigenvalue weighted by Gasteiger charge is -2.30. The first-order valence-corrected chi connectivity index (χ1v) is 13.0. The molecule has 4 rings (SSSR count). The molecule has 34 heavy (non-hydrogen) atoms. The Morgan fingerprint density at radius 1 is 1.12 bits per heavy atom. The van der Waals surface area contributed by atoms with Crippen LogP contribution in [0.3, 0.4) is 0 Å². The maximum Gasteiger partial charge on any atom is 0.243 e. The third-order valence-corrected chi connectivity index (χ3v) is 8.62. The summed E-state index contributed by atoms with van der Waals surface area (Å²) in [5.41, 5.74) is 2.11. The number of nitrogens with one attached hydrogen (secondary N) is 1. The summed E-state index contributed by atoms with van der Waals surface area (Å²) >= 11 is 6.04. The van der Waals surface area contributed by atoms with Crippen LogP contribution in [0.5, 0.6) is 5.75 Å². The summed E-state index contributed by atoms with van der Waals surface area (Å²) < 4.78 is 33.3. The Labute approximate surface area is 204 Å². The van der Waals surface area contributed by atoms with Crippen LogP contribution < -0.4 is 15.0 Å². The number of amides is 2. The zero-order valence-electron chi connectivity index (χ0n) is 19.4. The lowest BCUT2D eigenvalue weighted by atomic mass is 9.97. The van der Waals surface area contributed by atoms with Gasteiger partial charge in [-0.25, -0.2) is 8.42 Å². The molecule has 0 aliphatic carbocycles. The number of benzene rings is 2. The van der Waals surface area contributed by atoms with E-state index in [-0.39, 0.29) is 41.8 Å². The van der Waals surface area contributed by atoms with Crippen LogP contribution in [0, 0.1) is 5.92 Å². The number of rotatable bonds is 5. The van der Waals surface area contributed by atoms with Gasteiger partial charge in [-0.2, -0.15) is 4.31 Å². The molecule has 10 heteroatoms. The quantitative estimate of drug-likeness (QED) is 0.668. The standard InChI is InChI=1S/C24H28ClN3O5S/c1-15-12-18-13-20(5-6-22(18)28(15)16(2)29)34(31,32)27-10-8-17(9-11-27)24(30)26-21-14-19(25)4-7-23(21)33-3/h4-7,13-15,17H,8-12H2,1-3H3,(H,26,30)/t15-/m1/s1. The van der Waals surface area contributed by atoms with E-state index in [1.54, 1.807) is 41.3 Å². The van der Waals surface area contributed by atoms with E-state index in [0.717, 1.165) is 11.3 Å². The smallest absolute Gasteiger partial charge is 0.243 e. The molecule has 0 radical (unpaired) electrons. The summed E-state index contributed by atoms with van der Waals surface area (Å²) in [6, 6.07) is 9.93. The molecule has 2 heterocycles. The average molecular weight is 506 g/mol. The van der Waals surface area contributed by atoms with Gasteiger partial charge in [0.05, 0.1) is 17.7 Å². The second-order valence-electron chi connectivity index (χ2n) is 8.74. The molecule has 2 aromatic rings. The summed E-state index contributed by atoms with van der Waals surface area (Å²) in [5, 5.41) is 3.33. The zero-order valence-corrected chi connectivity index (χ0v) is 20.9. The number of sulfonamides is 1. The van der Waals surface area contributed by atoms with Gasteiger partial charge in [-0.1, -0.05) is 11.6 Å². The molecule has 2 amide bonds. The highest BCUT2D eigenvalue weighted by atomic mass is 35.5. The Morgan fingerprint density at radius 3 is 2.47 bits per heavy atom.